The maximum Gasteiger partial charge on any atom is 0.216 e. The highest BCUT2D eigenvalue weighted by Crippen LogP contribution is 2.41. The molecule has 176 valence electrons. The first-order chi connectivity index (χ1) is 19.8. The Hall–Kier alpha value is -3.39. The minimum atomic E-state index is -2.44. The zero-order chi connectivity index (χ0) is 30.0. The second kappa shape index (κ2) is 8.68. The van der Waals surface area contributed by atoms with Crippen molar-refractivity contribution in [3.8, 4) is 22.4 Å². The summed E-state index contributed by atoms with van der Waals surface area (Å²) in [4.78, 5) is 0. The van der Waals surface area contributed by atoms with Crippen molar-refractivity contribution in [2.45, 2.75) is 58.6 Å². The summed E-state index contributed by atoms with van der Waals surface area (Å²) in [6.07, 6.45) is 6.57. The molecule has 6 rings (SSSR count). The van der Waals surface area contributed by atoms with Crippen LogP contribution in [0.15, 0.2) is 71.3 Å². The van der Waals surface area contributed by atoms with Crippen LogP contribution in [-0.2, 0) is 7.05 Å². The minimum Gasteiger partial charge on any atom is -0.455 e. The molecule has 0 radical (unpaired) electrons. The lowest BCUT2D eigenvalue weighted by Crippen LogP contribution is -2.31. The van der Waals surface area contributed by atoms with Gasteiger partial charge in [0.15, 0.2) is 6.20 Å². The summed E-state index contributed by atoms with van der Waals surface area (Å²) in [6.45, 7) is -2.71. The van der Waals surface area contributed by atoms with E-state index < -0.39 is 19.6 Å². The maximum atomic E-state index is 8.98. The van der Waals surface area contributed by atoms with E-state index in [-0.39, 0.29) is 11.1 Å². The fourth-order valence-corrected chi connectivity index (χ4v) is 5.58. The third-order valence-corrected chi connectivity index (χ3v) is 7.47. The number of benzene rings is 3. The molecular formula is C33H34NO+. The molecule has 0 saturated heterocycles. The lowest BCUT2D eigenvalue weighted by molar-refractivity contribution is -0.660. The first kappa shape index (κ1) is 15.6. The number of furan rings is 1. The molecule has 0 aliphatic heterocycles. The molecule has 3 aromatic carbocycles. The van der Waals surface area contributed by atoms with Crippen LogP contribution in [-0.4, -0.2) is 0 Å². The fourth-order valence-electron chi connectivity index (χ4n) is 5.58. The molecule has 1 fully saturated rings. The van der Waals surface area contributed by atoms with Gasteiger partial charge in [-0.1, -0.05) is 61.7 Å². The highest BCUT2D eigenvalue weighted by molar-refractivity contribution is 6.11. The Kier molecular flexibility index (Phi) is 3.86. The van der Waals surface area contributed by atoms with Gasteiger partial charge in [0, 0.05) is 37.6 Å². The largest absolute Gasteiger partial charge is 0.455 e. The summed E-state index contributed by atoms with van der Waals surface area (Å²) >= 11 is 0. The number of aryl methyl sites for hydroxylation is 4. The van der Waals surface area contributed by atoms with Gasteiger partial charge in [-0.15, -0.1) is 0 Å². The molecule has 0 unspecified atom stereocenters. The van der Waals surface area contributed by atoms with Crippen LogP contribution in [0.25, 0.3) is 44.3 Å². The lowest BCUT2D eigenvalue weighted by Gasteiger charge is -2.22. The number of aromatic nitrogens is 1. The Morgan fingerprint density at radius 3 is 2.37 bits per heavy atom. The summed E-state index contributed by atoms with van der Waals surface area (Å²) in [6, 6.07) is 18.9. The maximum absolute atomic E-state index is 8.98. The Morgan fingerprint density at radius 2 is 1.63 bits per heavy atom. The van der Waals surface area contributed by atoms with Gasteiger partial charge in [0.05, 0.1) is 5.56 Å². The van der Waals surface area contributed by atoms with Crippen LogP contribution >= 0.6 is 0 Å². The van der Waals surface area contributed by atoms with Crippen LogP contribution < -0.4 is 4.57 Å². The van der Waals surface area contributed by atoms with Crippen molar-refractivity contribution in [1.82, 2.24) is 0 Å². The van der Waals surface area contributed by atoms with Crippen LogP contribution in [0.5, 0.6) is 0 Å². The van der Waals surface area contributed by atoms with Crippen molar-refractivity contribution in [3.63, 3.8) is 0 Å². The van der Waals surface area contributed by atoms with Crippen molar-refractivity contribution in [3.05, 3.63) is 89.1 Å². The van der Waals surface area contributed by atoms with E-state index in [1.165, 1.54) is 6.42 Å². The number of nitrogens with zero attached hydrogens (tertiary/aromatic N) is 1. The highest BCUT2D eigenvalue weighted by atomic mass is 16.3. The normalized spacial score (nSPS) is 19.3. The number of pyridine rings is 1. The van der Waals surface area contributed by atoms with E-state index in [9.17, 15) is 0 Å². The van der Waals surface area contributed by atoms with Gasteiger partial charge in [-0.3, -0.25) is 0 Å². The molecule has 0 atom stereocenters. The summed E-state index contributed by atoms with van der Waals surface area (Å²) in [7, 11) is 1.80. The van der Waals surface area contributed by atoms with E-state index in [1.807, 2.05) is 55.5 Å². The number of rotatable bonds is 3. The van der Waals surface area contributed by atoms with Gasteiger partial charge in [0.25, 0.3) is 0 Å². The van der Waals surface area contributed by atoms with Gasteiger partial charge >= 0.3 is 0 Å². The van der Waals surface area contributed by atoms with E-state index in [0.717, 1.165) is 59.0 Å². The predicted octanol–water partition coefficient (Wildman–Crippen LogP) is 8.72. The molecular weight excluding hydrogens is 426 g/mol. The third-order valence-electron chi connectivity index (χ3n) is 7.47. The van der Waals surface area contributed by atoms with Crippen LogP contribution in [0.3, 0.4) is 0 Å². The standard InChI is InChI=1S/C33H34NO/c1-21-10-19-30(34(4)20-21)31-22(2)11-16-29-28-18-17-27(23(3)32(28)35-33(29)31)26-14-12-25(13-15-26)24-8-6-5-7-9-24/h10-20,24H,5-9H2,1-4H3/q+1/i1D3,3D3,24D. The van der Waals surface area contributed by atoms with Crippen LogP contribution in [0.4, 0.5) is 0 Å². The highest BCUT2D eigenvalue weighted by Gasteiger charge is 2.22. The van der Waals surface area contributed by atoms with Crippen molar-refractivity contribution in [2.75, 3.05) is 0 Å². The number of fused-ring (bicyclic) bond motifs is 3. The third kappa shape index (κ3) is 3.76. The molecule has 2 nitrogen and oxygen atoms in total. The first-order valence-corrected chi connectivity index (χ1v) is 12.4. The van der Waals surface area contributed by atoms with Crippen molar-refractivity contribution in [1.29, 1.82) is 0 Å². The first-order valence-electron chi connectivity index (χ1n) is 15.9. The van der Waals surface area contributed by atoms with E-state index >= 15 is 0 Å². The monoisotopic (exact) mass is 467 g/mol. The smallest absolute Gasteiger partial charge is 0.216 e. The molecule has 5 aromatic rings. The molecule has 1 aliphatic rings. The topological polar surface area (TPSA) is 17.0 Å². The quantitative estimate of drug-likeness (QED) is 0.242. The molecule has 0 amide bonds. The Morgan fingerprint density at radius 1 is 0.857 bits per heavy atom. The Bertz CT molecular complexity index is 1810. The molecule has 2 heterocycles. The molecule has 0 N–H and O–H groups in total. The zero-order valence-electron chi connectivity index (χ0n) is 27.2. The average molecular weight is 468 g/mol. The lowest BCUT2D eigenvalue weighted by atomic mass is 9.83. The summed E-state index contributed by atoms with van der Waals surface area (Å²) < 4.78 is 66.1. The average Bonchev–Trinajstić information content (AvgIpc) is 3.30. The summed E-state index contributed by atoms with van der Waals surface area (Å²) in [5.41, 5.74) is 6.11. The van der Waals surface area contributed by atoms with Crippen LogP contribution in [0.1, 0.15) is 69.8 Å². The van der Waals surface area contributed by atoms with Gasteiger partial charge in [0.2, 0.25) is 5.69 Å². The second-order valence-corrected chi connectivity index (χ2v) is 9.76. The summed E-state index contributed by atoms with van der Waals surface area (Å²) in [5.74, 6) is -0.585. The Labute approximate surface area is 218 Å². The van der Waals surface area contributed by atoms with Gasteiger partial charge in [-0.2, -0.15) is 0 Å². The molecule has 35 heavy (non-hydrogen) atoms. The van der Waals surface area contributed by atoms with E-state index in [0.29, 0.717) is 22.1 Å². The van der Waals surface area contributed by atoms with Gasteiger partial charge in [-0.25, -0.2) is 4.57 Å². The van der Waals surface area contributed by atoms with E-state index in [4.69, 9.17) is 14.0 Å². The zero-order valence-corrected chi connectivity index (χ0v) is 20.2. The van der Waals surface area contributed by atoms with Crippen LogP contribution in [0, 0.1) is 20.6 Å². The molecule has 1 saturated carbocycles. The SMILES string of the molecule is [2H]C([2H])([2H])c1ccc(-c2c(C)ccc3c2oc2c(C([2H])([2H])[2H])c(-c4ccc(C5([2H])CCCCC5)cc4)ccc23)[n+](C)c1. The van der Waals surface area contributed by atoms with Gasteiger partial charge < -0.3 is 4.42 Å². The predicted molar refractivity (Wildman–Crippen MR) is 146 cm³/mol. The van der Waals surface area contributed by atoms with Gasteiger partial charge in [0.1, 0.15) is 18.2 Å². The van der Waals surface area contributed by atoms with E-state index in [1.54, 1.807) is 29.9 Å². The van der Waals surface area contributed by atoms with Crippen molar-refractivity contribution in [2.24, 2.45) is 7.05 Å². The van der Waals surface area contributed by atoms with E-state index in [2.05, 4.69) is 0 Å². The van der Waals surface area contributed by atoms with Crippen molar-refractivity contribution < 1.29 is 18.6 Å². The fraction of sp³-hybridized carbons (Fsp3) is 0.303. The number of hydrogen-bond acceptors (Lipinski definition) is 1. The molecule has 1 aliphatic carbocycles. The van der Waals surface area contributed by atoms with Crippen molar-refractivity contribution >= 4 is 21.9 Å². The van der Waals surface area contributed by atoms with Crippen LogP contribution in [0.2, 0.25) is 0 Å². The van der Waals surface area contributed by atoms with Gasteiger partial charge in [-0.05, 0) is 73.7 Å². The minimum absolute atomic E-state index is 0.160. The number of hydrogen-bond donors (Lipinski definition) is 0. The second-order valence-electron chi connectivity index (χ2n) is 9.76. The molecule has 0 spiro atoms. The Balaban J connectivity index is 1.54. The molecule has 0 bridgehead atoms. The molecule has 2 aromatic heterocycles. The molecule has 2 heteroatoms. The summed E-state index contributed by atoms with van der Waals surface area (Å²) in [5, 5.41) is 1.51.